The highest BCUT2D eigenvalue weighted by atomic mass is 127. The molecule has 3 aromatic rings. The van der Waals surface area contributed by atoms with Gasteiger partial charge in [-0.2, -0.15) is 0 Å². The molecule has 4 amide bonds. The lowest BCUT2D eigenvalue weighted by atomic mass is 9.77. The molecular weight excluding hydrogens is 996 g/mol. The normalized spacial score (nSPS) is 18.9. The quantitative estimate of drug-likeness (QED) is 0.0533. The summed E-state index contributed by atoms with van der Waals surface area (Å²) in [7, 11) is 3.26. The summed E-state index contributed by atoms with van der Waals surface area (Å²) >= 11 is 2.00. The third-order valence-corrected chi connectivity index (χ3v) is 12.9. The number of rotatable bonds is 14. The fraction of sp³-hybridized carbons (Fsp3) is 0.511. The van der Waals surface area contributed by atoms with Gasteiger partial charge in [0.2, 0.25) is 23.5 Å². The zero-order valence-electron chi connectivity index (χ0n) is 40.5. The van der Waals surface area contributed by atoms with Gasteiger partial charge in [0.05, 0.1) is 41.0 Å². The predicted octanol–water partition coefficient (Wildman–Crippen LogP) is 5.22. The summed E-state index contributed by atoms with van der Waals surface area (Å²) in [5, 5.41) is 23.2. The first-order valence-corrected chi connectivity index (χ1v) is 23.2. The molecular formula is C47H61BIN5O14. The number of fused-ring (bicyclic) bond motifs is 7. The maximum atomic E-state index is 14.6. The molecule has 3 aromatic carbocycles. The van der Waals surface area contributed by atoms with Crippen molar-refractivity contribution in [2.75, 3.05) is 21.3 Å². The molecule has 19 nitrogen and oxygen atoms in total. The van der Waals surface area contributed by atoms with Crippen LogP contribution in [0, 0.1) is 19.6 Å². The van der Waals surface area contributed by atoms with Crippen LogP contribution in [0.5, 0.6) is 23.0 Å². The van der Waals surface area contributed by atoms with Crippen molar-refractivity contribution >= 4 is 70.6 Å². The number of benzene rings is 3. The van der Waals surface area contributed by atoms with Crippen molar-refractivity contribution in [2.24, 2.45) is 5.92 Å². The number of hydrogen-bond donors (Lipinski definition) is 4. The fourth-order valence-corrected chi connectivity index (χ4v) is 8.40. The zero-order chi connectivity index (χ0) is 50.5. The number of hydrogen-bond acceptors (Lipinski definition) is 14. The van der Waals surface area contributed by atoms with Crippen molar-refractivity contribution in [1.82, 2.24) is 21.3 Å². The van der Waals surface area contributed by atoms with Crippen LogP contribution in [0.25, 0.3) is 0 Å². The Balaban J connectivity index is 1.50. The van der Waals surface area contributed by atoms with Crippen LogP contribution in [0.1, 0.15) is 85.4 Å². The molecule has 4 N–H and O–H groups in total. The minimum absolute atomic E-state index is 0.0669. The van der Waals surface area contributed by atoms with E-state index in [4.69, 9.17) is 33.0 Å². The third-order valence-electron chi connectivity index (χ3n) is 12.1. The van der Waals surface area contributed by atoms with E-state index in [0.717, 1.165) is 7.11 Å². The molecule has 1 fully saturated rings. The molecule has 0 saturated carbocycles. The molecule has 6 rings (SSSR count). The molecule has 1 saturated heterocycles. The van der Waals surface area contributed by atoms with E-state index in [2.05, 4.69) is 21.3 Å². The Hall–Kier alpha value is -5.68. The molecule has 4 bridgehead atoms. The summed E-state index contributed by atoms with van der Waals surface area (Å²) in [6, 6.07) is 7.38. The highest BCUT2D eigenvalue weighted by molar-refractivity contribution is 14.1. The Morgan fingerprint density at radius 3 is 2.19 bits per heavy atom. The number of nitrogens with one attached hydrogen (secondary N) is 4. The van der Waals surface area contributed by atoms with Crippen molar-refractivity contribution in [2.45, 2.75) is 129 Å². The molecule has 21 heteroatoms. The minimum Gasteiger partial charge on any atom is -0.497 e. The van der Waals surface area contributed by atoms with Crippen LogP contribution in [0.4, 0.5) is 10.5 Å². The summed E-state index contributed by atoms with van der Waals surface area (Å²) in [6.07, 6.45) is -0.920. The maximum Gasteiger partial charge on any atom is 0.498 e. The molecule has 3 heterocycles. The number of nitro benzene ring substituents is 1. The minimum atomic E-state index is -1.36. The predicted molar refractivity (Wildman–Crippen MR) is 259 cm³/mol. The van der Waals surface area contributed by atoms with Crippen molar-refractivity contribution in [3.8, 4) is 23.0 Å². The first-order valence-electron chi connectivity index (χ1n) is 22.1. The van der Waals surface area contributed by atoms with Gasteiger partial charge < -0.3 is 54.3 Å². The molecule has 0 aliphatic carbocycles. The van der Waals surface area contributed by atoms with Gasteiger partial charge in [0, 0.05) is 30.8 Å². The van der Waals surface area contributed by atoms with E-state index in [9.17, 15) is 34.1 Å². The SMILES string of the molecule is CC[C@H](C)[C@H](NC(=O)[C@H](Cc1ccc(OC)c(B2OC(C)(C)C(C)(C)O2)c1)NC(=O)OC(C)(C)C)C(=O)N[C@H]1Cc2cc(I)c(OC)c(c2)Oc2ccc(cc2[N+](=O)[O-])C[C@@H](C(=O)OC)NC1=O. The van der Waals surface area contributed by atoms with Crippen molar-refractivity contribution in [1.29, 1.82) is 0 Å². The molecule has 3 aliphatic rings. The number of alkyl carbamates (subject to hydrolysis) is 1. The van der Waals surface area contributed by atoms with Gasteiger partial charge in [-0.1, -0.05) is 38.5 Å². The number of ether oxygens (including phenoxy) is 5. The van der Waals surface area contributed by atoms with Gasteiger partial charge in [-0.25, -0.2) is 9.59 Å². The Morgan fingerprint density at radius 1 is 0.926 bits per heavy atom. The number of halogens is 1. The number of amides is 4. The first-order chi connectivity index (χ1) is 31.8. The molecule has 3 aliphatic heterocycles. The average molecular weight is 1060 g/mol. The smallest absolute Gasteiger partial charge is 0.497 e. The van der Waals surface area contributed by atoms with E-state index in [1.807, 2.05) is 57.2 Å². The van der Waals surface area contributed by atoms with Gasteiger partial charge in [-0.05, 0) is 118 Å². The zero-order valence-corrected chi connectivity index (χ0v) is 42.6. The standard InChI is InChI=1S/C47H61BIN5O14/c1-13-25(2)38(53-41(56)32(52-44(59)66-45(3,4)5)20-26-14-16-35(62-10)29(18-26)48-67-46(6,7)47(8,9)68-48)42(57)50-31-22-28-19-30(49)39(63-11)37(24-28)65-36-17-15-27(23-34(36)54(60)61)21-33(43(58)64-12)51-40(31)55/h14-19,23-25,31-33,38H,13,20-22H2,1-12H3,(H,50,57)(H,51,55)(H,52,59)(H,53,56)/t25-,31-,32-,33-,38-/m0/s1. The summed E-state index contributed by atoms with van der Waals surface area (Å²) in [4.78, 5) is 81.6. The van der Waals surface area contributed by atoms with Crippen LogP contribution in [0.3, 0.4) is 0 Å². The summed E-state index contributed by atoms with van der Waals surface area (Å²) in [5.74, 6) is -2.85. The van der Waals surface area contributed by atoms with E-state index in [-0.39, 0.29) is 42.2 Å². The molecule has 68 heavy (non-hydrogen) atoms. The van der Waals surface area contributed by atoms with E-state index >= 15 is 0 Å². The highest BCUT2D eigenvalue weighted by Crippen LogP contribution is 2.41. The first kappa shape index (κ1) is 53.3. The van der Waals surface area contributed by atoms with Crippen LogP contribution in [0.15, 0.2) is 48.5 Å². The molecule has 0 spiro atoms. The van der Waals surface area contributed by atoms with Gasteiger partial charge in [-0.3, -0.25) is 24.5 Å². The molecule has 0 aromatic heterocycles. The maximum absolute atomic E-state index is 14.6. The second kappa shape index (κ2) is 21.7. The Morgan fingerprint density at radius 2 is 1.60 bits per heavy atom. The van der Waals surface area contributed by atoms with Crippen molar-refractivity contribution < 1.29 is 61.9 Å². The Kier molecular flexibility index (Phi) is 17.0. The topological polar surface area (TPSA) is 241 Å². The highest BCUT2D eigenvalue weighted by Gasteiger charge is 2.52. The van der Waals surface area contributed by atoms with Crippen molar-refractivity contribution in [3.63, 3.8) is 0 Å². The third kappa shape index (κ3) is 12.9. The van der Waals surface area contributed by atoms with E-state index in [1.54, 1.807) is 52.0 Å². The monoisotopic (exact) mass is 1060 g/mol. The van der Waals surface area contributed by atoms with Crippen LogP contribution in [0.2, 0.25) is 0 Å². The second-order valence-corrected chi connectivity index (χ2v) is 19.9. The Bertz CT molecular complexity index is 2390. The number of methoxy groups -OCH3 is 3. The van der Waals surface area contributed by atoms with Crippen molar-refractivity contribution in [3.05, 3.63) is 78.9 Å². The lowest BCUT2D eigenvalue weighted by Gasteiger charge is -2.32. The van der Waals surface area contributed by atoms with Crippen LogP contribution in [-0.4, -0.2) is 104 Å². The lowest BCUT2D eigenvalue weighted by Crippen LogP contribution is -2.60. The number of carbonyl (C=O) groups is 5. The van der Waals surface area contributed by atoms with Crippen LogP contribution < -0.4 is 40.9 Å². The number of nitrogens with zero attached hydrogens (tertiary/aromatic N) is 1. The van der Waals surface area contributed by atoms with Gasteiger partial charge in [0.1, 0.15) is 35.5 Å². The van der Waals surface area contributed by atoms with Gasteiger partial charge in [-0.15, -0.1) is 0 Å². The number of esters is 1. The van der Waals surface area contributed by atoms with E-state index < -0.39 is 88.7 Å². The largest absolute Gasteiger partial charge is 0.498 e. The van der Waals surface area contributed by atoms with Gasteiger partial charge in [0.15, 0.2) is 11.5 Å². The summed E-state index contributed by atoms with van der Waals surface area (Å²) in [6.45, 7) is 16.3. The molecule has 368 valence electrons. The van der Waals surface area contributed by atoms with Gasteiger partial charge in [0.25, 0.3) is 0 Å². The number of carbonyl (C=O) groups excluding carboxylic acids is 5. The van der Waals surface area contributed by atoms with E-state index in [1.165, 1.54) is 38.5 Å². The Labute approximate surface area is 410 Å². The second-order valence-electron chi connectivity index (χ2n) is 18.8. The van der Waals surface area contributed by atoms with Crippen LogP contribution in [-0.2, 0) is 57.2 Å². The lowest BCUT2D eigenvalue weighted by molar-refractivity contribution is -0.385. The molecule has 0 radical (unpaired) electrons. The summed E-state index contributed by atoms with van der Waals surface area (Å²) in [5.41, 5.74) is -0.715. The van der Waals surface area contributed by atoms with Gasteiger partial charge >= 0.3 is 24.9 Å². The number of nitro groups is 1. The van der Waals surface area contributed by atoms with E-state index in [0.29, 0.717) is 37.9 Å². The molecule has 5 atom stereocenters. The average Bonchev–Trinajstić information content (AvgIpc) is 3.48. The molecule has 0 unspecified atom stereocenters. The van der Waals surface area contributed by atoms with Crippen LogP contribution >= 0.6 is 22.6 Å². The summed E-state index contributed by atoms with van der Waals surface area (Å²) < 4.78 is 41.1. The fourth-order valence-electron chi connectivity index (χ4n) is 7.52.